The van der Waals surface area contributed by atoms with Crippen molar-refractivity contribution in [1.29, 1.82) is 0 Å². The summed E-state index contributed by atoms with van der Waals surface area (Å²) < 4.78 is 22.7. The largest absolute Gasteiger partial charge is 0.325 e. The first kappa shape index (κ1) is 15.6. The molecule has 0 aromatic heterocycles. The molecule has 0 aliphatic rings. The average molecular weight is 285 g/mol. The molecule has 106 valence electrons. The zero-order valence-corrected chi connectivity index (χ0v) is 11.8. The third-order valence-electron chi connectivity index (χ3n) is 2.70. The molecule has 1 atom stereocenters. The summed E-state index contributed by atoms with van der Waals surface area (Å²) in [6, 6.07) is 3.92. The van der Waals surface area contributed by atoms with Crippen LogP contribution in [0.1, 0.15) is 25.3 Å². The average Bonchev–Trinajstić information content (AvgIpc) is 2.30. The lowest BCUT2D eigenvalue weighted by Crippen LogP contribution is -2.35. The maximum Gasteiger partial charge on any atom is 0.241 e. The van der Waals surface area contributed by atoms with Crippen molar-refractivity contribution in [2.24, 2.45) is 10.9 Å². The minimum absolute atomic E-state index is 0.00522. The number of hydrogen-bond acceptors (Lipinski definition) is 4. The van der Waals surface area contributed by atoms with E-state index >= 15 is 0 Å². The predicted molar refractivity (Wildman–Crippen MR) is 74.1 cm³/mol. The molecule has 0 radical (unpaired) electrons. The van der Waals surface area contributed by atoms with Gasteiger partial charge in [-0.15, -0.1) is 0 Å². The van der Waals surface area contributed by atoms with Crippen LogP contribution in [0.4, 0.5) is 5.69 Å². The van der Waals surface area contributed by atoms with E-state index in [2.05, 4.69) is 5.32 Å². The molecule has 0 fully saturated rings. The number of anilines is 1. The van der Waals surface area contributed by atoms with Gasteiger partial charge < -0.3 is 11.1 Å². The first-order chi connectivity index (χ1) is 8.75. The Bertz CT molecular complexity index is 570. The molecule has 0 aliphatic carbocycles. The molecular weight excluding hydrogens is 266 g/mol. The number of amides is 1. The van der Waals surface area contributed by atoms with E-state index in [0.29, 0.717) is 17.7 Å². The van der Waals surface area contributed by atoms with Crippen molar-refractivity contribution in [3.63, 3.8) is 0 Å². The second-order valence-corrected chi connectivity index (χ2v) is 5.94. The van der Waals surface area contributed by atoms with Gasteiger partial charge in [0.1, 0.15) is 0 Å². The highest BCUT2D eigenvalue weighted by Crippen LogP contribution is 2.19. The van der Waals surface area contributed by atoms with Gasteiger partial charge in [-0.25, -0.2) is 13.6 Å². The fraction of sp³-hybridized carbons (Fsp3) is 0.417. The van der Waals surface area contributed by atoms with Crippen LogP contribution in [0.5, 0.6) is 0 Å². The Balaban J connectivity index is 2.95. The smallest absolute Gasteiger partial charge is 0.241 e. The Morgan fingerprint density at radius 3 is 2.58 bits per heavy atom. The Kier molecular flexibility index (Phi) is 5.04. The highest BCUT2D eigenvalue weighted by molar-refractivity contribution is 7.89. The number of aryl methyl sites for hydroxylation is 1. The van der Waals surface area contributed by atoms with Crippen LogP contribution in [0.25, 0.3) is 0 Å². The van der Waals surface area contributed by atoms with Gasteiger partial charge in [-0.3, -0.25) is 4.79 Å². The predicted octanol–water partition coefficient (Wildman–Crippen LogP) is 0.708. The third-order valence-corrected chi connectivity index (χ3v) is 3.75. The summed E-state index contributed by atoms with van der Waals surface area (Å²) in [5.74, 6) is -0.342. The van der Waals surface area contributed by atoms with Gasteiger partial charge in [-0.2, -0.15) is 0 Å². The van der Waals surface area contributed by atoms with Crippen LogP contribution in [0.3, 0.4) is 0 Å². The van der Waals surface area contributed by atoms with Gasteiger partial charge in [0.15, 0.2) is 0 Å². The van der Waals surface area contributed by atoms with Gasteiger partial charge >= 0.3 is 0 Å². The van der Waals surface area contributed by atoms with Crippen LogP contribution in [0.2, 0.25) is 0 Å². The number of sulfonamides is 1. The van der Waals surface area contributed by atoms with E-state index in [0.717, 1.165) is 6.42 Å². The van der Waals surface area contributed by atoms with Gasteiger partial charge in [0.05, 0.1) is 10.9 Å². The number of carbonyl (C=O) groups excluding carboxylic acids is 1. The van der Waals surface area contributed by atoms with Crippen LogP contribution < -0.4 is 16.2 Å². The normalized spacial score (nSPS) is 13.1. The summed E-state index contributed by atoms with van der Waals surface area (Å²) in [5, 5.41) is 7.68. The molecule has 7 heteroatoms. The van der Waals surface area contributed by atoms with Crippen LogP contribution in [-0.4, -0.2) is 20.4 Å². The van der Waals surface area contributed by atoms with Crippen molar-refractivity contribution in [2.75, 3.05) is 5.32 Å². The fourth-order valence-electron chi connectivity index (χ4n) is 1.66. The van der Waals surface area contributed by atoms with Crippen molar-refractivity contribution in [3.05, 3.63) is 23.8 Å². The van der Waals surface area contributed by atoms with E-state index in [4.69, 9.17) is 10.9 Å². The number of primary sulfonamides is 1. The monoisotopic (exact) mass is 285 g/mol. The van der Waals surface area contributed by atoms with Crippen molar-refractivity contribution in [3.8, 4) is 0 Å². The molecule has 1 rings (SSSR count). The summed E-state index contributed by atoms with van der Waals surface area (Å²) in [4.78, 5) is 11.7. The molecule has 0 heterocycles. The van der Waals surface area contributed by atoms with Crippen molar-refractivity contribution < 1.29 is 13.2 Å². The third kappa shape index (κ3) is 4.30. The Labute approximate surface area is 113 Å². The lowest BCUT2D eigenvalue weighted by atomic mass is 10.1. The van der Waals surface area contributed by atoms with Gasteiger partial charge in [0.2, 0.25) is 15.9 Å². The second-order valence-electron chi connectivity index (χ2n) is 4.41. The van der Waals surface area contributed by atoms with E-state index in [-0.39, 0.29) is 10.8 Å². The van der Waals surface area contributed by atoms with Crippen molar-refractivity contribution in [2.45, 2.75) is 37.6 Å². The Morgan fingerprint density at radius 1 is 1.42 bits per heavy atom. The van der Waals surface area contributed by atoms with E-state index in [1.807, 2.05) is 6.92 Å². The van der Waals surface area contributed by atoms with Crippen molar-refractivity contribution in [1.82, 2.24) is 0 Å². The molecular formula is C12H19N3O3S. The molecule has 0 spiro atoms. The van der Waals surface area contributed by atoms with Gasteiger partial charge in [-0.05, 0) is 31.0 Å². The maximum absolute atomic E-state index is 11.7. The summed E-state index contributed by atoms with van der Waals surface area (Å²) in [6.07, 6.45) is 1.37. The molecule has 1 aromatic rings. The lowest BCUT2D eigenvalue weighted by molar-refractivity contribution is -0.117. The summed E-state index contributed by atoms with van der Waals surface area (Å²) in [7, 11) is -3.80. The van der Waals surface area contributed by atoms with E-state index in [1.54, 1.807) is 19.1 Å². The second kappa shape index (κ2) is 6.14. The molecule has 0 saturated heterocycles. The molecule has 6 nitrogen and oxygen atoms in total. The fourth-order valence-corrected chi connectivity index (χ4v) is 2.47. The van der Waals surface area contributed by atoms with Crippen LogP contribution >= 0.6 is 0 Å². The Morgan fingerprint density at radius 2 is 2.05 bits per heavy atom. The number of carbonyl (C=O) groups is 1. The Hall–Kier alpha value is -1.44. The molecule has 5 N–H and O–H groups in total. The zero-order valence-electron chi connectivity index (χ0n) is 11.0. The maximum atomic E-state index is 11.7. The van der Waals surface area contributed by atoms with Gasteiger partial charge in [0.25, 0.3) is 0 Å². The molecule has 0 unspecified atom stereocenters. The highest BCUT2D eigenvalue weighted by atomic mass is 32.2. The molecule has 19 heavy (non-hydrogen) atoms. The first-order valence-electron chi connectivity index (χ1n) is 5.95. The number of rotatable bonds is 5. The molecule has 1 aromatic carbocycles. The molecule has 0 saturated carbocycles. The van der Waals surface area contributed by atoms with Crippen LogP contribution in [0, 0.1) is 6.92 Å². The summed E-state index contributed by atoms with van der Waals surface area (Å²) >= 11 is 0. The zero-order chi connectivity index (χ0) is 14.6. The van der Waals surface area contributed by atoms with E-state index in [9.17, 15) is 13.2 Å². The minimum atomic E-state index is -3.80. The lowest BCUT2D eigenvalue weighted by Gasteiger charge is -2.12. The summed E-state index contributed by atoms with van der Waals surface area (Å²) in [6.45, 7) is 3.56. The minimum Gasteiger partial charge on any atom is -0.325 e. The van der Waals surface area contributed by atoms with Crippen LogP contribution in [0.15, 0.2) is 23.1 Å². The van der Waals surface area contributed by atoms with Gasteiger partial charge in [0, 0.05) is 5.69 Å². The van der Waals surface area contributed by atoms with E-state index < -0.39 is 16.1 Å². The first-order valence-corrected chi connectivity index (χ1v) is 7.50. The molecule has 0 bridgehead atoms. The number of nitrogens with two attached hydrogens (primary N) is 2. The van der Waals surface area contributed by atoms with Crippen LogP contribution in [-0.2, 0) is 14.8 Å². The molecule has 0 aliphatic heterocycles. The summed E-state index contributed by atoms with van der Waals surface area (Å²) in [5.41, 5.74) is 6.57. The SMILES string of the molecule is CCC[C@H](N)C(=O)Nc1ccc(C)c(S(N)(=O)=O)c1. The number of benzene rings is 1. The quantitative estimate of drug-likeness (QED) is 0.738. The van der Waals surface area contributed by atoms with Crippen molar-refractivity contribution >= 4 is 21.6 Å². The topological polar surface area (TPSA) is 115 Å². The molecule has 1 amide bonds. The van der Waals surface area contributed by atoms with E-state index in [1.165, 1.54) is 6.07 Å². The number of nitrogens with one attached hydrogen (secondary N) is 1. The standard InChI is InChI=1S/C12H19N3O3S/c1-3-4-10(13)12(16)15-9-6-5-8(2)11(7-9)19(14,17)18/h5-7,10H,3-4,13H2,1-2H3,(H,15,16)(H2,14,17,18)/t10-/m0/s1. The highest BCUT2D eigenvalue weighted by Gasteiger charge is 2.15. The number of hydrogen-bond donors (Lipinski definition) is 3. The van der Waals surface area contributed by atoms with Gasteiger partial charge in [-0.1, -0.05) is 19.4 Å².